The van der Waals surface area contributed by atoms with E-state index < -0.39 is 7.37 Å². The summed E-state index contributed by atoms with van der Waals surface area (Å²) in [6.45, 7) is 3.53. The molecule has 1 atom stereocenters. The molecule has 0 saturated carbocycles. The summed E-state index contributed by atoms with van der Waals surface area (Å²) in [5.41, 5.74) is 0.00806. The SMILES string of the molecule is C=Cn1ccnc1P(=O)([O-])c1ccccc1.[K+]. The Labute approximate surface area is 142 Å². The van der Waals surface area contributed by atoms with E-state index in [1.807, 2.05) is 0 Å². The Morgan fingerprint density at radius 3 is 2.59 bits per heavy atom. The Kier molecular flexibility index (Phi) is 5.53. The summed E-state index contributed by atoms with van der Waals surface area (Å²) in [4.78, 5) is 16.0. The number of hydrogen-bond acceptors (Lipinski definition) is 3. The zero-order valence-electron chi connectivity index (χ0n) is 9.48. The molecule has 1 unspecified atom stereocenters. The van der Waals surface area contributed by atoms with E-state index in [2.05, 4.69) is 11.6 Å². The third kappa shape index (κ3) is 3.06. The van der Waals surface area contributed by atoms with Crippen molar-refractivity contribution in [1.29, 1.82) is 0 Å². The summed E-state index contributed by atoms with van der Waals surface area (Å²) >= 11 is 0. The van der Waals surface area contributed by atoms with Gasteiger partial charge in [-0.15, -0.1) is 0 Å². The zero-order chi connectivity index (χ0) is 11.6. The minimum Gasteiger partial charge on any atom is -0.790 e. The average Bonchev–Trinajstić information content (AvgIpc) is 2.79. The first-order valence-electron chi connectivity index (χ1n) is 4.69. The Morgan fingerprint density at radius 1 is 1.35 bits per heavy atom. The predicted octanol–water partition coefficient (Wildman–Crippen LogP) is -2.42. The van der Waals surface area contributed by atoms with E-state index in [0.29, 0.717) is 0 Å². The van der Waals surface area contributed by atoms with Crippen molar-refractivity contribution in [2.75, 3.05) is 0 Å². The Balaban J connectivity index is 0.00000144. The monoisotopic (exact) mass is 272 g/mol. The van der Waals surface area contributed by atoms with Crippen molar-refractivity contribution < 1.29 is 60.8 Å². The molecule has 82 valence electrons. The van der Waals surface area contributed by atoms with Crippen molar-refractivity contribution >= 4 is 24.4 Å². The van der Waals surface area contributed by atoms with Gasteiger partial charge < -0.3 is 14.0 Å². The van der Waals surface area contributed by atoms with Gasteiger partial charge in [0.25, 0.3) is 0 Å². The van der Waals surface area contributed by atoms with Crippen LogP contribution in [0.4, 0.5) is 0 Å². The van der Waals surface area contributed by atoms with Crippen LogP contribution in [0.25, 0.3) is 6.20 Å². The molecule has 2 rings (SSSR count). The fourth-order valence-corrected chi connectivity index (χ4v) is 2.88. The molecule has 0 bridgehead atoms. The van der Waals surface area contributed by atoms with Crippen molar-refractivity contribution in [2.45, 2.75) is 0 Å². The normalized spacial score (nSPS) is 13.5. The molecule has 0 aliphatic carbocycles. The van der Waals surface area contributed by atoms with E-state index >= 15 is 0 Å². The van der Waals surface area contributed by atoms with Gasteiger partial charge in [-0.25, -0.2) is 4.98 Å². The van der Waals surface area contributed by atoms with Crippen LogP contribution in [0.3, 0.4) is 0 Å². The topological polar surface area (TPSA) is 58.0 Å². The summed E-state index contributed by atoms with van der Waals surface area (Å²) < 4.78 is 13.6. The van der Waals surface area contributed by atoms with E-state index in [1.54, 1.807) is 36.5 Å². The first-order valence-corrected chi connectivity index (χ1v) is 6.31. The number of aromatic nitrogens is 2. The van der Waals surface area contributed by atoms with Crippen molar-refractivity contribution in [3.63, 3.8) is 0 Å². The van der Waals surface area contributed by atoms with Crippen molar-refractivity contribution in [3.8, 4) is 0 Å². The fraction of sp³-hybridized carbons (Fsp3) is 0. The van der Waals surface area contributed by atoms with Gasteiger partial charge in [0.2, 0.25) is 0 Å². The second kappa shape index (κ2) is 6.25. The molecule has 4 nitrogen and oxygen atoms in total. The first-order chi connectivity index (χ1) is 7.66. The predicted molar refractivity (Wildman–Crippen MR) is 61.9 cm³/mol. The number of hydrogen-bond donors (Lipinski definition) is 0. The van der Waals surface area contributed by atoms with E-state index in [9.17, 15) is 9.46 Å². The summed E-state index contributed by atoms with van der Waals surface area (Å²) in [6.07, 6.45) is 4.40. The van der Waals surface area contributed by atoms with Gasteiger partial charge in [-0.05, 0) is 0 Å². The van der Waals surface area contributed by atoms with Crippen LogP contribution in [0.2, 0.25) is 0 Å². The molecule has 0 saturated heterocycles. The van der Waals surface area contributed by atoms with Crippen molar-refractivity contribution in [1.82, 2.24) is 9.55 Å². The summed E-state index contributed by atoms with van der Waals surface area (Å²) in [5, 5.41) is 0.254. The third-order valence-electron chi connectivity index (χ3n) is 2.20. The molecule has 1 aromatic carbocycles. The minimum absolute atomic E-state index is 0. The molecule has 0 radical (unpaired) electrons. The van der Waals surface area contributed by atoms with Crippen LogP contribution in [0.15, 0.2) is 49.3 Å². The maximum atomic E-state index is 12.2. The molecule has 0 aliphatic heterocycles. The van der Waals surface area contributed by atoms with Gasteiger partial charge in [-0.1, -0.05) is 36.9 Å². The Hall–Kier alpha value is -0.00364. The molecule has 1 heterocycles. The molecule has 6 heteroatoms. The second-order valence-corrected chi connectivity index (χ2v) is 5.22. The second-order valence-electron chi connectivity index (χ2n) is 3.20. The summed E-state index contributed by atoms with van der Waals surface area (Å²) in [6, 6.07) is 8.23. The van der Waals surface area contributed by atoms with Gasteiger partial charge in [-0.3, -0.25) is 0 Å². The molecular formula is C11H10KN2O2P. The fourth-order valence-electron chi connectivity index (χ4n) is 1.42. The van der Waals surface area contributed by atoms with Gasteiger partial charge >= 0.3 is 51.4 Å². The van der Waals surface area contributed by atoms with Gasteiger partial charge in [0.05, 0.1) is 0 Å². The maximum absolute atomic E-state index is 12.2. The van der Waals surface area contributed by atoms with Crippen LogP contribution >= 0.6 is 7.37 Å². The Bertz CT molecular complexity index is 554. The van der Waals surface area contributed by atoms with Crippen LogP contribution in [0.5, 0.6) is 0 Å². The molecule has 17 heavy (non-hydrogen) atoms. The van der Waals surface area contributed by atoms with E-state index in [4.69, 9.17) is 0 Å². The molecule has 0 fully saturated rings. The Morgan fingerprint density at radius 2 is 2.00 bits per heavy atom. The van der Waals surface area contributed by atoms with Crippen LogP contribution in [-0.4, -0.2) is 9.55 Å². The summed E-state index contributed by atoms with van der Waals surface area (Å²) in [7, 11) is -3.87. The van der Waals surface area contributed by atoms with E-state index in [0.717, 1.165) is 0 Å². The smallest absolute Gasteiger partial charge is 0.790 e. The number of imidazole rings is 1. The van der Waals surface area contributed by atoms with Gasteiger partial charge in [-0.2, -0.15) is 0 Å². The number of nitrogens with zero attached hydrogens (tertiary/aromatic N) is 2. The standard InChI is InChI=1S/C11H11N2O2P.K/c1-2-13-9-8-12-11(13)16(14,15)10-6-4-3-5-7-10;/h2-9H,1H2,(H,14,15);/q;+1/p-1. The zero-order valence-corrected chi connectivity index (χ0v) is 13.5. The van der Waals surface area contributed by atoms with Crippen LogP contribution in [0, 0.1) is 0 Å². The number of rotatable bonds is 3. The summed E-state index contributed by atoms with van der Waals surface area (Å²) in [5.74, 6) is 0. The minimum atomic E-state index is -3.87. The van der Waals surface area contributed by atoms with Crippen LogP contribution < -0.4 is 67.1 Å². The van der Waals surface area contributed by atoms with Crippen molar-refractivity contribution in [2.24, 2.45) is 0 Å². The molecule has 1 aromatic heterocycles. The van der Waals surface area contributed by atoms with E-state index in [-0.39, 0.29) is 62.3 Å². The molecule has 0 aliphatic rings. The maximum Gasteiger partial charge on any atom is 1.00 e. The molecule has 2 aromatic rings. The first kappa shape index (κ1) is 15.1. The average molecular weight is 272 g/mol. The molecule has 0 N–H and O–H groups in total. The van der Waals surface area contributed by atoms with Crippen LogP contribution in [-0.2, 0) is 4.57 Å². The van der Waals surface area contributed by atoms with E-state index in [1.165, 1.54) is 17.0 Å². The largest absolute Gasteiger partial charge is 1.00 e. The molecule has 0 amide bonds. The molecule has 0 spiro atoms. The van der Waals surface area contributed by atoms with Gasteiger partial charge in [0.1, 0.15) is 7.37 Å². The van der Waals surface area contributed by atoms with Crippen molar-refractivity contribution in [3.05, 3.63) is 49.3 Å². The van der Waals surface area contributed by atoms with Gasteiger partial charge in [0.15, 0.2) is 5.57 Å². The third-order valence-corrected chi connectivity index (χ3v) is 4.06. The van der Waals surface area contributed by atoms with Gasteiger partial charge in [0, 0.05) is 23.9 Å². The quantitative estimate of drug-likeness (QED) is 0.461. The number of benzene rings is 1. The van der Waals surface area contributed by atoms with Crippen LogP contribution in [0.1, 0.15) is 0 Å². The molecular weight excluding hydrogens is 262 g/mol.